The molecule has 0 aliphatic rings. The van der Waals surface area contributed by atoms with E-state index in [0.717, 1.165) is 13.0 Å². The highest BCUT2D eigenvalue weighted by Crippen LogP contribution is 2.10. The van der Waals surface area contributed by atoms with E-state index in [1.54, 1.807) is 0 Å². The fraction of sp³-hybridized carbons (Fsp3) is 0.278. The zero-order chi connectivity index (χ0) is 15.6. The summed E-state index contributed by atoms with van der Waals surface area (Å²) in [4.78, 5) is 13.9. The van der Waals surface area contributed by atoms with Gasteiger partial charge in [-0.2, -0.15) is 0 Å². The highest BCUT2D eigenvalue weighted by molar-refractivity contribution is 5.77. The molecule has 0 atom stereocenters. The highest BCUT2D eigenvalue weighted by atomic mass is 16.5. The number of rotatable bonds is 8. The molecule has 116 valence electrons. The number of carbonyl (C=O) groups excluding carboxylic acids is 1. The number of nitrogens with one attached hydrogen (secondary N) is 1. The second kappa shape index (κ2) is 8.72. The Hall–Kier alpha value is -2.49. The molecule has 0 aromatic heterocycles. The van der Waals surface area contributed by atoms with Crippen LogP contribution in [0.2, 0.25) is 0 Å². The van der Waals surface area contributed by atoms with Gasteiger partial charge >= 0.3 is 0 Å². The van der Waals surface area contributed by atoms with Crippen LogP contribution in [0.25, 0.3) is 0 Å². The Morgan fingerprint density at radius 1 is 1.05 bits per heavy atom. The lowest BCUT2D eigenvalue weighted by Crippen LogP contribution is -2.31. The number of hydrogen-bond acceptors (Lipinski definition) is 3. The molecule has 22 heavy (non-hydrogen) atoms. The van der Waals surface area contributed by atoms with Gasteiger partial charge in [-0.25, -0.2) is 0 Å². The maximum Gasteiger partial charge on any atom is 0.257 e. The van der Waals surface area contributed by atoms with Gasteiger partial charge in [0.1, 0.15) is 5.75 Å². The van der Waals surface area contributed by atoms with Crippen LogP contribution in [-0.2, 0) is 4.79 Å². The van der Waals surface area contributed by atoms with Gasteiger partial charge < -0.3 is 15.0 Å². The largest absolute Gasteiger partial charge is 0.484 e. The van der Waals surface area contributed by atoms with Gasteiger partial charge in [0, 0.05) is 25.8 Å². The van der Waals surface area contributed by atoms with Crippen molar-refractivity contribution >= 4 is 11.6 Å². The maximum atomic E-state index is 11.7. The third-order valence-corrected chi connectivity index (χ3v) is 3.30. The lowest BCUT2D eigenvalue weighted by atomic mass is 10.3. The molecule has 0 radical (unpaired) electrons. The molecule has 0 aliphatic carbocycles. The summed E-state index contributed by atoms with van der Waals surface area (Å²) in [5, 5.41) is 2.87. The van der Waals surface area contributed by atoms with Crippen molar-refractivity contribution in [3.8, 4) is 5.75 Å². The van der Waals surface area contributed by atoms with E-state index in [-0.39, 0.29) is 12.5 Å². The summed E-state index contributed by atoms with van der Waals surface area (Å²) in [6, 6.07) is 19.5. The summed E-state index contributed by atoms with van der Waals surface area (Å²) in [6.45, 7) is 1.59. The minimum Gasteiger partial charge on any atom is -0.484 e. The zero-order valence-electron chi connectivity index (χ0n) is 12.9. The van der Waals surface area contributed by atoms with Gasteiger partial charge in [-0.3, -0.25) is 4.79 Å². The van der Waals surface area contributed by atoms with Crippen molar-refractivity contribution in [1.29, 1.82) is 0 Å². The Balaban J connectivity index is 1.59. The average molecular weight is 298 g/mol. The van der Waals surface area contributed by atoms with Crippen LogP contribution in [0.3, 0.4) is 0 Å². The summed E-state index contributed by atoms with van der Waals surface area (Å²) in [5.74, 6) is 0.618. The van der Waals surface area contributed by atoms with E-state index in [9.17, 15) is 4.79 Å². The number of ether oxygens (including phenoxy) is 1. The van der Waals surface area contributed by atoms with E-state index < -0.39 is 0 Å². The SMILES string of the molecule is CN(CCCNC(=O)COc1ccccc1)c1ccccc1. The van der Waals surface area contributed by atoms with Crippen molar-refractivity contribution in [1.82, 2.24) is 5.32 Å². The molecule has 0 spiro atoms. The van der Waals surface area contributed by atoms with E-state index in [1.807, 2.05) is 48.5 Å². The molecule has 4 nitrogen and oxygen atoms in total. The molecule has 1 N–H and O–H groups in total. The number of para-hydroxylation sites is 2. The first-order valence-corrected chi connectivity index (χ1v) is 7.46. The Kier molecular flexibility index (Phi) is 6.30. The first-order valence-electron chi connectivity index (χ1n) is 7.46. The number of benzene rings is 2. The molecule has 0 saturated carbocycles. The third kappa shape index (κ3) is 5.48. The van der Waals surface area contributed by atoms with Gasteiger partial charge in [0.05, 0.1) is 0 Å². The molecule has 0 bridgehead atoms. The molecule has 2 aromatic rings. The number of anilines is 1. The topological polar surface area (TPSA) is 41.6 Å². The summed E-state index contributed by atoms with van der Waals surface area (Å²) < 4.78 is 5.39. The van der Waals surface area contributed by atoms with Gasteiger partial charge in [0.15, 0.2) is 6.61 Å². The van der Waals surface area contributed by atoms with E-state index >= 15 is 0 Å². The van der Waals surface area contributed by atoms with E-state index in [0.29, 0.717) is 12.3 Å². The van der Waals surface area contributed by atoms with Gasteiger partial charge in [-0.15, -0.1) is 0 Å². The number of amides is 1. The average Bonchev–Trinajstić information content (AvgIpc) is 2.58. The Morgan fingerprint density at radius 2 is 1.68 bits per heavy atom. The Bertz CT molecular complexity index is 558. The molecule has 2 aromatic carbocycles. The molecule has 0 fully saturated rings. The standard InChI is InChI=1S/C18H22N2O2/c1-20(16-9-4-2-5-10-16)14-8-13-19-18(21)15-22-17-11-6-3-7-12-17/h2-7,9-12H,8,13-15H2,1H3,(H,19,21). The quantitative estimate of drug-likeness (QED) is 0.762. The normalized spacial score (nSPS) is 10.0. The zero-order valence-corrected chi connectivity index (χ0v) is 12.9. The molecule has 1 amide bonds. The van der Waals surface area contributed by atoms with Crippen LogP contribution in [0.5, 0.6) is 5.75 Å². The second-order valence-corrected chi connectivity index (χ2v) is 5.06. The number of carbonyl (C=O) groups is 1. The summed E-state index contributed by atoms with van der Waals surface area (Å²) >= 11 is 0. The van der Waals surface area contributed by atoms with Crippen molar-refractivity contribution in [3.63, 3.8) is 0 Å². The fourth-order valence-electron chi connectivity index (χ4n) is 2.07. The van der Waals surface area contributed by atoms with Crippen molar-refractivity contribution in [3.05, 3.63) is 60.7 Å². The van der Waals surface area contributed by atoms with E-state index in [4.69, 9.17) is 4.74 Å². The summed E-state index contributed by atoms with van der Waals surface area (Å²) in [6.07, 6.45) is 0.891. The predicted octanol–water partition coefficient (Wildman–Crippen LogP) is 2.71. The van der Waals surface area contributed by atoms with Crippen molar-refractivity contribution in [2.24, 2.45) is 0 Å². The lowest BCUT2D eigenvalue weighted by Gasteiger charge is -2.19. The van der Waals surface area contributed by atoms with Crippen LogP contribution in [0.1, 0.15) is 6.42 Å². The molecule has 0 saturated heterocycles. The van der Waals surface area contributed by atoms with Crippen LogP contribution in [0, 0.1) is 0 Å². The van der Waals surface area contributed by atoms with Crippen molar-refractivity contribution in [2.75, 3.05) is 31.6 Å². The smallest absolute Gasteiger partial charge is 0.257 e. The van der Waals surface area contributed by atoms with Crippen molar-refractivity contribution < 1.29 is 9.53 Å². The Labute approximate surface area is 131 Å². The fourth-order valence-corrected chi connectivity index (χ4v) is 2.07. The molecule has 0 unspecified atom stereocenters. The lowest BCUT2D eigenvalue weighted by molar-refractivity contribution is -0.123. The number of hydrogen-bond donors (Lipinski definition) is 1. The highest BCUT2D eigenvalue weighted by Gasteiger charge is 2.03. The van der Waals surface area contributed by atoms with Gasteiger partial charge in [-0.1, -0.05) is 36.4 Å². The molecule has 0 heterocycles. The second-order valence-electron chi connectivity index (χ2n) is 5.06. The molecule has 2 rings (SSSR count). The third-order valence-electron chi connectivity index (χ3n) is 3.30. The van der Waals surface area contributed by atoms with Crippen LogP contribution < -0.4 is 15.0 Å². The maximum absolute atomic E-state index is 11.7. The van der Waals surface area contributed by atoms with Crippen LogP contribution in [0.15, 0.2) is 60.7 Å². The number of nitrogens with zero attached hydrogens (tertiary/aromatic N) is 1. The van der Waals surface area contributed by atoms with Gasteiger partial charge in [-0.05, 0) is 30.7 Å². The van der Waals surface area contributed by atoms with Crippen LogP contribution in [0.4, 0.5) is 5.69 Å². The Morgan fingerprint density at radius 3 is 2.36 bits per heavy atom. The van der Waals surface area contributed by atoms with E-state index in [1.165, 1.54) is 5.69 Å². The summed E-state index contributed by atoms with van der Waals surface area (Å²) in [5.41, 5.74) is 1.18. The minimum absolute atomic E-state index is 0.0541. The molecular formula is C18H22N2O2. The van der Waals surface area contributed by atoms with Gasteiger partial charge in [0.25, 0.3) is 5.91 Å². The minimum atomic E-state index is -0.0915. The van der Waals surface area contributed by atoms with Crippen molar-refractivity contribution in [2.45, 2.75) is 6.42 Å². The summed E-state index contributed by atoms with van der Waals surface area (Å²) in [7, 11) is 2.05. The molecular weight excluding hydrogens is 276 g/mol. The monoisotopic (exact) mass is 298 g/mol. The first kappa shape index (κ1) is 15.9. The van der Waals surface area contributed by atoms with Crippen LogP contribution in [-0.4, -0.2) is 32.7 Å². The van der Waals surface area contributed by atoms with Crippen LogP contribution >= 0.6 is 0 Å². The molecule has 0 aliphatic heterocycles. The first-order chi connectivity index (χ1) is 10.8. The van der Waals surface area contributed by atoms with E-state index in [2.05, 4.69) is 29.4 Å². The molecule has 4 heteroatoms. The van der Waals surface area contributed by atoms with Gasteiger partial charge in [0.2, 0.25) is 0 Å². The predicted molar refractivity (Wildman–Crippen MR) is 89.3 cm³/mol.